The lowest BCUT2D eigenvalue weighted by atomic mass is 9.91. The molecule has 3 N–H and O–H groups in total. The second-order valence-electron chi connectivity index (χ2n) is 4.55. The molecule has 0 heterocycles. The second-order valence-corrected chi connectivity index (χ2v) is 4.55. The molecule has 1 aliphatic rings. The zero-order valence-corrected chi connectivity index (χ0v) is 9.05. The van der Waals surface area contributed by atoms with Crippen molar-refractivity contribution in [2.75, 3.05) is 6.54 Å². The van der Waals surface area contributed by atoms with Crippen LogP contribution in [0.3, 0.4) is 0 Å². The van der Waals surface area contributed by atoms with Crippen LogP contribution in [0.4, 0.5) is 0 Å². The third kappa shape index (κ3) is 4.10. The Morgan fingerprint density at radius 1 is 1.46 bits per heavy atom. The van der Waals surface area contributed by atoms with Crippen LogP contribution in [0.2, 0.25) is 0 Å². The maximum Gasteiger partial charge on any atom is 0.00819 e. The largest absolute Gasteiger partial charge is 0.328 e. The van der Waals surface area contributed by atoms with E-state index in [4.69, 9.17) is 5.73 Å². The smallest absolute Gasteiger partial charge is 0.00819 e. The topological polar surface area (TPSA) is 38.0 Å². The van der Waals surface area contributed by atoms with E-state index < -0.39 is 0 Å². The van der Waals surface area contributed by atoms with Crippen LogP contribution < -0.4 is 11.1 Å². The Labute approximate surface area is 82.3 Å². The minimum atomic E-state index is 0.447. The van der Waals surface area contributed by atoms with E-state index in [2.05, 4.69) is 19.2 Å². The summed E-state index contributed by atoms with van der Waals surface area (Å²) in [5, 5.41) is 3.62. The monoisotopic (exact) mass is 184 g/mol. The fourth-order valence-corrected chi connectivity index (χ4v) is 1.93. The molecule has 2 nitrogen and oxygen atoms in total. The van der Waals surface area contributed by atoms with Gasteiger partial charge in [0.2, 0.25) is 0 Å². The van der Waals surface area contributed by atoms with Gasteiger partial charge < -0.3 is 11.1 Å². The molecule has 0 saturated heterocycles. The molecule has 3 atom stereocenters. The Morgan fingerprint density at radius 2 is 2.23 bits per heavy atom. The molecule has 0 spiro atoms. The van der Waals surface area contributed by atoms with Crippen molar-refractivity contribution in [3.8, 4) is 0 Å². The highest BCUT2D eigenvalue weighted by atomic mass is 14.9. The van der Waals surface area contributed by atoms with Gasteiger partial charge in [-0.05, 0) is 31.7 Å². The van der Waals surface area contributed by atoms with E-state index >= 15 is 0 Å². The van der Waals surface area contributed by atoms with Crippen LogP contribution in [0.5, 0.6) is 0 Å². The van der Waals surface area contributed by atoms with Gasteiger partial charge in [0.05, 0.1) is 0 Å². The van der Waals surface area contributed by atoms with E-state index in [-0.39, 0.29) is 0 Å². The average molecular weight is 184 g/mol. The van der Waals surface area contributed by atoms with Crippen LogP contribution >= 0.6 is 0 Å². The fraction of sp³-hybridized carbons (Fsp3) is 1.00. The van der Waals surface area contributed by atoms with Crippen molar-refractivity contribution < 1.29 is 0 Å². The summed E-state index contributed by atoms with van der Waals surface area (Å²) >= 11 is 0. The predicted octanol–water partition coefficient (Wildman–Crippen LogP) is 1.89. The van der Waals surface area contributed by atoms with Crippen LogP contribution in [0, 0.1) is 5.92 Å². The standard InChI is InChI=1S/C11H24N2/c1-3-9(2)8-13-11-6-4-5-10(12)7-11/h9-11,13H,3-8,12H2,1-2H3. The Morgan fingerprint density at radius 3 is 2.85 bits per heavy atom. The van der Waals surface area contributed by atoms with Crippen LogP contribution in [0.1, 0.15) is 46.0 Å². The van der Waals surface area contributed by atoms with Crippen molar-refractivity contribution in [2.45, 2.75) is 58.0 Å². The van der Waals surface area contributed by atoms with E-state index in [9.17, 15) is 0 Å². The summed E-state index contributed by atoms with van der Waals surface area (Å²) in [6.45, 7) is 5.71. The van der Waals surface area contributed by atoms with Gasteiger partial charge in [0.25, 0.3) is 0 Å². The molecule has 0 aliphatic heterocycles. The van der Waals surface area contributed by atoms with E-state index in [0.29, 0.717) is 12.1 Å². The molecule has 3 unspecified atom stereocenters. The summed E-state index contributed by atoms with van der Waals surface area (Å²) < 4.78 is 0. The molecule has 1 rings (SSSR count). The lowest BCUT2D eigenvalue weighted by Crippen LogP contribution is -2.40. The van der Waals surface area contributed by atoms with E-state index in [1.54, 1.807) is 0 Å². The van der Waals surface area contributed by atoms with Gasteiger partial charge in [-0.3, -0.25) is 0 Å². The maximum absolute atomic E-state index is 5.92. The first-order valence-corrected chi connectivity index (χ1v) is 5.71. The van der Waals surface area contributed by atoms with Crippen molar-refractivity contribution in [1.29, 1.82) is 0 Å². The average Bonchev–Trinajstić information content (AvgIpc) is 2.14. The Bertz CT molecular complexity index is 136. The maximum atomic E-state index is 5.92. The molecule has 0 aromatic rings. The Hall–Kier alpha value is -0.0800. The van der Waals surface area contributed by atoms with Gasteiger partial charge in [-0.25, -0.2) is 0 Å². The lowest BCUT2D eigenvalue weighted by Gasteiger charge is -2.28. The molecule has 1 aliphatic carbocycles. The van der Waals surface area contributed by atoms with Crippen molar-refractivity contribution >= 4 is 0 Å². The highest BCUT2D eigenvalue weighted by Crippen LogP contribution is 2.17. The van der Waals surface area contributed by atoms with Gasteiger partial charge in [0.15, 0.2) is 0 Å². The fourth-order valence-electron chi connectivity index (χ4n) is 1.93. The molecule has 0 bridgehead atoms. The molecule has 1 fully saturated rings. The third-order valence-electron chi connectivity index (χ3n) is 3.17. The van der Waals surface area contributed by atoms with Crippen LogP contribution in [0.15, 0.2) is 0 Å². The van der Waals surface area contributed by atoms with E-state index in [1.165, 1.54) is 32.1 Å². The van der Waals surface area contributed by atoms with Crippen LogP contribution in [0.25, 0.3) is 0 Å². The van der Waals surface area contributed by atoms with Gasteiger partial charge in [-0.2, -0.15) is 0 Å². The lowest BCUT2D eigenvalue weighted by molar-refractivity contribution is 0.323. The molecule has 1 saturated carbocycles. The van der Waals surface area contributed by atoms with Crippen LogP contribution in [-0.4, -0.2) is 18.6 Å². The third-order valence-corrected chi connectivity index (χ3v) is 3.17. The van der Waals surface area contributed by atoms with Crippen molar-refractivity contribution in [1.82, 2.24) is 5.32 Å². The Kier molecular flexibility index (Phi) is 4.74. The summed E-state index contributed by atoms with van der Waals surface area (Å²) in [5.41, 5.74) is 5.92. The van der Waals surface area contributed by atoms with Gasteiger partial charge in [0, 0.05) is 12.1 Å². The Balaban J connectivity index is 2.13. The zero-order valence-electron chi connectivity index (χ0n) is 9.05. The first kappa shape index (κ1) is 11.0. The summed E-state index contributed by atoms with van der Waals surface area (Å²) in [6, 6.07) is 1.14. The molecule has 0 aromatic carbocycles. The van der Waals surface area contributed by atoms with Crippen molar-refractivity contribution in [3.63, 3.8) is 0 Å². The first-order chi connectivity index (χ1) is 6.22. The van der Waals surface area contributed by atoms with Gasteiger partial charge in [-0.1, -0.05) is 26.7 Å². The SMILES string of the molecule is CCC(C)CNC1CCCC(N)C1. The number of hydrogen-bond acceptors (Lipinski definition) is 2. The van der Waals surface area contributed by atoms with Crippen molar-refractivity contribution in [3.05, 3.63) is 0 Å². The molecule has 0 amide bonds. The highest BCUT2D eigenvalue weighted by Gasteiger charge is 2.18. The van der Waals surface area contributed by atoms with Crippen LogP contribution in [-0.2, 0) is 0 Å². The number of hydrogen-bond donors (Lipinski definition) is 2. The molecule has 0 radical (unpaired) electrons. The summed E-state index contributed by atoms with van der Waals surface area (Å²) in [4.78, 5) is 0. The molecule has 2 heteroatoms. The minimum Gasteiger partial charge on any atom is -0.328 e. The zero-order chi connectivity index (χ0) is 9.68. The molecule has 0 aromatic heterocycles. The molecule has 78 valence electrons. The molecular formula is C11H24N2. The number of nitrogens with one attached hydrogen (secondary N) is 1. The summed E-state index contributed by atoms with van der Waals surface area (Å²) in [6.07, 6.45) is 6.30. The predicted molar refractivity (Wildman–Crippen MR) is 57.7 cm³/mol. The minimum absolute atomic E-state index is 0.447. The second kappa shape index (κ2) is 5.61. The quantitative estimate of drug-likeness (QED) is 0.700. The summed E-state index contributed by atoms with van der Waals surface area (Å²) in [5.74, 6) is 0.804. The number of nitrogens with two attached hydrogens (primary N) is 1. The van der Waals surface area contributed by atoms with Crippen molar-refractivity contribution in [2.24, 2.45) is 11.7 Å². The van der Waals surface area contributed by atoms with E-state index in [0.717, 1.165) is 12.5 Å². The summed E-state index contributed by atoms with van der Waals surface area (Å²) in [7, 11) is 0. The first-order valence-electron chi connectivity index (χ1n) is 5.71. The molecule has 13 heavy (non-hydrogen) atoms. The van der Waals surface area contributed by atoms with Gasteiger partial charge >= 0.3 is 0 Å². The van der Waals surface area contributed by atoms with Gasteiger partial charge in [0.1, 0.15) is 0 Å². The highest BCUT2D eigenvalue weighted by molar-refractivity contribution is 4.79. The van der Waals surface area contributed by atoms with E-state index in [1.807, 2.05) is 0 Å². The van der Waals surface area contributed by atoms with Gasteiger partial charge in [-0.15, -0.1) is 0 Å². The number of rotatable bonds is 4. The molecular weight excluding hydrogens is 160 g/mol. The normalized spacial score (nSPS) is 31.6.